The maximum atomic E-state index is 13.0. The Balaban J connectivity index is 4.40. The number of aliphatic hydroxyl groups is 2. The molecule has 0 saturated carbocycles. The van der Waals surface area contributed by atoms with Gasteiger partial charge >= 0.3 is 0 Å². The summed E-state index contributed by atoms with van der Waals surface area (Å²) in [6.45, 7) is 7.93. The molecule has 0 rings (SSSR count). The highest BCUT2D eigenvalue weighted by atomic mass is 16.7. The van der Waals surface area contributed by atoms with Crippen molar-refractivity contribution in [2.24, 2.45) is 5.92 Å². The molecule has 0 saturated heterocycles. The number of carbonyl (C=O) groups excluding carboxylic acids is 1. The molecule has 6 heteroatoms. The van der Waals surface area contributed by atoms with Crippen LogP contribution in [0.15, 0.2) is 0 Å². The van der Waals surface area contributed by atoms with E-state index in [1.165, 1.54) is 50.0 Å². The lowest BCUT2D eigenvalue weighted by molar-refractivity contribution is -0.200. The fourth-order valence-corrected chi connectivity index (χ4v) is 3.54. The zero-order valence-electron chi connectivity index (χ0n) is 20.0. The highest BCUT2D eigenvalue weighted by Crippen LogP contribution is 2.17. The minimum Gasteiger partial charge on any atom is -0.395 e. The van der Waals surface area contributed by atoms with Crippen LogP contribution in [0.25, 0.3) is 0 Å². The van der Waals surface area contributed by atoms with Crippen molar-refractivity contribution < 1.29 is 19.8 Å². The topological polar surface area (TPSA) is 82.0 Å². The first-order valence-electron chi connectivity index (χ1n) is 12.5. The van der Waals surface area contributed by atoms with Gasteiger partial charge in [0.1, 0.15) is 6.61 Å². The number of hydrogen-bond donors (Lipinski definition) is 3. The average molecular weight is 431 g/mol. The van der Waals surface area contributed by atoms with Gasteiger partial charge in [-0.2, -0.15) is 0 Å². The lowest BCUT2D eigenvalue weighted by Crippen LogP contribution is -2.40. The van der Waals surface area contributed by atoms with Crippen molar-refractivity contribution in [3.05, 3.63) is 0 Å². The molecule has 0 heterocycles. The summed E-state index contributed by atoms with van der Waals surface area (Å²) >= 11 is 0. The van der Waals surface area contributed by atoms with Gasteiger partial charge < -0.3 is 15.5 Å². The molecule has 2 atom stereocenters. The van der Waals surface area contributed by atoms with Crippen molar-refractivity contribution in [2.45, 2.75) is 110 Å². The molecule has 0 aliphatic rings. The van der Waals surface area contributed by atoms with E-state index in [1.54, 1.807) is 0 Å². The third-order valence-corrected chi connectivity index (χ3v) is 5.55. The maximum absolute atomic E-state index is 13.0. The Morgan fingerprint density at radius 2 is 1.53 bits per heavy atom. The number of unbranched alkanes of at least 4 members (excludes halogenated alkanes) is 9. The predicted molar refractivity (Wildman–Crippen MR) is 124 cm³/mol. The number of nitrogens with zero attached hydrogens (tertiary/aromatic N) is 1. The summed E-state index contributed by atoms with van der Waals surface area (Å²) in [5, 5.41) is 23.3. The normalized spacial score (nSPS) is 13.4. The maximum Gasteiger partial charge on any atom is 0.249 e. The molecule has 0 aliphatic heterocycles. The summed E-state index contributed by atoms with van der Waals surface area (Å²) in [4.78, 5) is 18.8. The van der Waals surface area contributed by atoms with Gasteiger partial charge in [0.05, 0.1) is 12.7 Å². The van der Waals surface area contributed by atoms with E-state index in [0.29, 0.717) is 19.6 Å². The molecule has 0 aromatic carbocycles. The highest BCUT2D eigenvalue weighted by Gasteiger charge is 2.24. The van der Waals surface area contributed by atoms with Gasteiger partial charge in [0.15, 0.2) is 0 Å². The van der Waals surface area contributed by atoms with Crippen LogP contribution in [0.2, 0.25) is 0 Å². The van der Waals surface area contributed by atoms with E-state index < -0.39 is 6.10 Å². The van der Waals surface area contributed by atoms with Gasteiger partial charge in [0.2, 0.25) is 5.91 Å². The van der Waals surface area contributed by atoms with Crippen molar-refractivity contribution in [1.82, 2.24) is 10.4 Å². The fraction of sp³-hybridized carbons (Fsp3) is 0.958. The smallest absolute Gasteiger partial charge is 0.249 e. The van der Waals surface area contributed by atoms with Gasteiger partial charge in [-0.15, -0.1) is 0 Å². The van der Waals surface area contributed by atoms with Crippen LogP contribution < -0.4 is 5.32 Å². The third kappa shape index (κ3) is 16.1. The molecule has 180 valence electrons. The Labute approximate surface area is 185 Å². The second-order valence-electron chi connectivity index (χ2n) is 8.39. The van der Waals surface area contributed by atoms with Crippen molar-refractivity contribution in [2.75, 3.05) is 32.8 Å². The molecule has 0 radical (unpaired) electrons. The zero-order valence-corrected chi connectivity index (χ0v) is 20.0. The summed E-state index contributed by atoms with van der Waals surface area (Å²) in [5.41, 5.74) is 0. The quantitative estimate of drug-likeness (QED) is 0.175. The van der Waals surface area contributed by atoms with Crippen molar-refractivity contribution >= 4 is 5.91 Å². The van der Waals surface area contributed by atoms with E-state index in [-0.39, 0.29) is 25.0 Å². The molecule has 0 aromatic heterocycles. The molecular formula is C24H50N2O4. The lowest BCUT2D eigenvalue weighted by Gasteiger charge is -2.27. The molecular weight excluding hydrogens is 380 g/mol. The highest BCUT2D eigenvalue weighted by molar-refractivity contribution is 5.77. The molecule has 2 unspecified atom stereocenters. The number of hydrogen-bond acceptors (Lipinski definition) is 5. The van der Waals surface area contributed by atoms with Crippen LogP contribution in [0.5, 0.6) is 0 Å². The van der Waals surface area contributed by atoms with Gasteiger partial charge in [0, 0.05) is 25.6 Å². The summed E-state index contributed by atoms with van der Waals surface area (Å²) in [5.74, 6) is 0.0502. The van der Waals surface area contributed by atoms with Crippen LogP contribution >= 0.6 is 0 Å². The average Bonchev–Trinajstić information content (AvgIpc) is 2.75. The number of hydroxylamine groups is 2. The molecule has 3 N–H and O–H groups in total. The van der Waals surface area contributed by atoms with E-state index in [4.69, 9.17) is 9.94 Å². The molecule has 30 heavy (non-hydrogen) atoms. The van der Waals surface area contributed by atoms with Crippen molar-refractivity contribution in [1.29, 1.82) is 0 Å². The first-order chi connectivity index (χ1) is 14.6. The Morgan fingerprint density at radius 3 is 2.10 bits per heavy atom. The third-order valence-electron chi connectivity index (χ3n) is 5.55. The summed E-state index contributed by atoms with van der Waals surface area (Å²) in [6.07, 6.45) is 14.3. The van der Waals surface area contributed by atoms with E-state index in [9.17, 15) is 9.90 Å². The Kier molecular flexibility index (Phi) is 21.0. The van der Waals surface area contributed by atoms with Gasteiger partial charge in [-0.05, 0) is 19.3 Å². The number of aliphatic hydroxyl groups excluding tert-OH is 2. The van der Waals surface area contributed by atoms with Gasteiger partial charge in [-0.3, -0.25) is 9.63 Å². The van der Waals surface area contributed by atoms with Crippen molar-refractivity contribution in [3.63, 3.8) is 0 Å². The largest absolute Gasteiger partial charge is 0.395 e. The molecule has 1 amide bonds. The van der Waals surface area contributed by atoms with Crippen molar-refractivity contribution in [3.8, 4) is 0 Å². The Morgan fingerprint density at radius 1 is 0.933 bits per heavy atom. The molecule has 0 bridgehead atoms. The van der Waals surface area contributed by atoms with Crippen LogP contribution in [0.1, 0.15) is 104 Å². The zero-order chi connectivity index (χ0) is 22.5. The molecule has 0 spiro atoms. The number of amides is 1. The number of nitrogens with one attached hydrogen (secondary N) is 1. The number of rotatable bonds is 22. The first kappa shape index (κ1) is 29.3. The second kappa shape index (κ2) is 21.5. The van der Waals surface area contributed by atoms with E-state index in [0.717, 1.165) is 38.5 Å². The Bertz CT molecular complexity index is 382. The van der Waals surface area contributed by atoms with Gasteiger partial charge in [0.25, 0.3) is 0 Å². The van der Waals surface area contributed by atoms with Crippen LogP contribution in [-0.2, 0) is 9.63 Å². The van der Waals surface area contributed by atoms with E-state index in [2.05, 4.69) is 26.1 Å². The van der Waals surface area contributed by atoms with Crippen LogP contribution in [-0.4, -0.2) is 60.1 Å². The van der Waals surface area contributed by atoms with E-state index in [1.807, 2.05) is 0 Å². The van der Waals surface area contributed by atoms with Crippen LogP contribution in [0.3, 0.4) is 0 Å². The summed E-state index contributed by atoms with van der Waals surface area (Å²) < 4.78 is 0. The van der Waals surface area contributed by atoms with Crippen LogP contribution in [0.4, 0.5) is 0 Å². The predicted octanol–water partition coefficient (Wildman–Crippen LogP) is 4.44. The lowest BCUT2D eigenvalue weighted by atomic mass is 9.98. The minimum atomic E-state index is -0.703. The second-order valence-corrected chi connectivity index (χ2v) is 8.39. The fourth-order valence-electron chi connectivity index (χ4n) is 3.54. The monoisotopic (exact) mass is 430 g/mol. The summed E-state index contributed by atoms with van der Waals surface area (Å²) in [7, 11) is 0. The number of carbonyl (C=O) groups is 1. The standard InChI is InChI=1S/C24H50N2O4/c1-4-7-9-10-11-12-13-14-15-18-26(24(29)22(6-3)16-8-5-2)30-21-23(28)20-25-17-19-27/h22-23,25,27-28H,4-21H2,1-3H3. The summed E-state index contributed by atoms with van der Waals surface area (Å²) in [6, 6.07) is 0. The van der Waals surface area contributed by atoms with Crippen LogP contribution in [0, 0.1) is 5.92 Å². The van der Waals surface area contributed by atoms with Gasteiger partial charge in [-0.1, -0.05) is 85.0 Å². The SMILES string of the molecule is CCCCCCCCCCCN(OCC(O)CNCCO)C(=O)C(CC)CCCC. The molecule has 6 nitrogen and oxygen atoms in total. The molecule has 0 fully saturated rings. The Hall–Kier alpha value is -0.690. The first-order valence-corrected chi connectivity index (χ1v) is 12.5. The minimum absolute atomic E-state index is 0.00632. The molecule has 0 aromatic rings. The van der Waals surface area contributed by atoms with Gasteiger partial charge in [-0.25, -0.2) is 5.06 Å². The molecule has 0 aliphatic carbocycles. The van der Waals surface area contributed by atoms with E-state index >= 15 is 0 Å².